The van der Waals surface area contributed by atoms with Gasteiger partial charge < -0.3 is 19.9 Å². The summed E-state index contributed by atoms with van der Waals surface area (Å²) in [6.07, 6.45) is -0.609. The van der Waals surface area contributed by atoms with Gasteiger partial charge >= 0.3 is 0 Å². The highest BCUT2D eigenvalue weighted by Gasteiger charge is 2.17. The first-order valence-electron chi connectivity index (χ1n) is 4.88. The van der Waals surface area contributed by atoms with Crippen molar-refractivity contribution in [2.24, 2.45) is 0 Å². The van der Waals surface area contributed by atoms with Crippen LogP contribution in [-0.4, -0.2) is 32.9 Å². The second-order valence-electron chi connectivity index (χ2n) is 3.28. The molecule has 0 heterocycles. The van der Waals surface area contributed by atoms with Crippen molar-refractivity contribution in [3.05, 3.63) is 22.2 Å². The van der Waals surface area contributed by atoms with Crippen molar-refractivity contribution in [2.75, 3.05) is 27.8 Å². The van der Waals surface area contributed by atoms with Crippen molar-refractivity contribution < 1.29 is 14.6 Å². The Morgan fingerprint density at radius 2 is 2.06 bits per heavy atom. The molecule has 2 N–H and O–H groups in total. The molecule has 0 saturated carbocycles. The molecule has 1 atom stereocenters. The standard InChI is InChI=1S/C11H16BrNO3/c1-13-6-8(14)7-4-5-9(15-2)10(12)11(7)16-3/h4-5,8,13-14H,6H2,1-3H3. The molecule has 0 amide bonds. The topological polar surface area (TPSA) is 50.7 Å². The Labute approximate surface area is 104 Å². The van der Waals surface area contributed by atoms with Crippen LogP contribution in [0.2, 0.25) is 0 Å². The normalized spacial score (nSPS) is 12.3. The van der Waals surface area contributed by atoms with E-state index < -0.39 is 6.10 Å². The fourth-order valence-electron chi connectivity index (χ4n) is 1.48. The predicted molar refractivity (Wildman–Crippen MR) is 66.1 cm³/mol. The van der Waals surface area contributed by atoms with Crippen LogP contribution in [0, 0.1) is 0 Å². The molecule has 1 aromatic rings. The van der Waals surface area contributed by atoms with Crippen molar-refractivity contribution >= 4 is 15.9 Å². The molecular weight excluding hydrogens is 274 g/mol. The molecule has 16 heavy (non-hydrogen) atoms. The van der Waals surface area contributed by atoms with Gasteiger partial charge in [-0.05, 0) is 35.1 Å². The lowest BCUT2D eigenvalue weighted by Crippen LogP contribution is -2.17. The number of aliphatic hydroxyl groups is 1. The Bertz CT molecular complexity index is 357. The zero-order valence-electron chi connectivity index (χ0n) is 9.58. The number of rotatable bonds is 5. The average molecular weight is 290 g/mol. The van der Waals surface area contributed by atoms with Gasteiger partial charge in [0.15, 0.2) is 0 Å². The van der Waals surface area contributed by atoms with Crippen LogP contribution in [0.1, 0.15) is 11.7 Å². The van der Waals surface area contributed by atoms with E-state index in [1.807, 2.05) is 0 Å². The molecule has 1 unspecified atom stereocenters. The Balaban J connectivity index is 3.14. The van der Waals surface area contributed by atoms with Gasteiger partial charge in [0.25, 0.3) is 0 Å². The molecule has 5 heteroatoms. The molecule has 1 rings (SSSR count). The maximum absolute atomic E-state index is 9.92. The highest BCUT2D eigenvalue weighted by atomic mass is 79.9. The number of benzene rings is 1. The second kappa shape index (κ2) is 6.08. The molecule has 0 aliphatic carbocycles. The Morgan fingerprint density at radius 1 is 1.38 bits per heavy atom. The van der Waals surface area contributed by atoms with Gasteiger partial charge in [-0.25, -0.2) is 0 Å². The third kappa shape index (κ3) is 2.66. The van der Waals surface area contributed by atoms with E-state index >= 15 is 0 Å². The second-order valence-corrected chi connectivity index (χ2v) is 4.07. The van der Waals surface area contributed by atoms with Crippen molar-refractivity contribution in [3.8, 4) is 11.5 Å². The molecule has 0 radical (unpaired) electrons. The largest absolute Gasteiger partial charge is 0.495 e. The number of hydrogen-bond acceptors (Lipinski definition) is 4. The van der Waals surface area contributed by atoms with Crippen LogP contribution < -0.4 is 14.8 Å². The summed E-state index contributed by atoms with van der Waals surface area (Å²) in [4.78, 5) is 0. The third-order valence-electron chi connectivity index (χ3n) is 2.27. The van der Waals surface area contributed by atoms with Crippen LogP contribution >= 0.6 is 15.9 Å². The van der Waals surface area contributed by atoms with E-state index in [1.165, 1.54) is 0 Å². The molecule has 4 nitrogen and oxygen atoms in total. The molecule has 0 spiro atoms. The van der Waals surface area contributed by atoms with Gasteiger partial charge in [-0.15, -0.1) is 0 Å². The third-order valence-corrected chi connectivity index (χ3v) is 3.02. The SMILES string of the molecule is CNCC(O)c1ccc(OC)c(Br)c1OC. The highest BCUT2D eigenvalue weighted by molar-refractivity contribution is 9.10. The number of aliphatic hydroxyl groups excluding tert-OH is 1. The smallest absolute Gasteiger partial charge is 0.142 e. The summed E-state index contributed by atoms with van der Waals surface area (Å²) in [7, 11) is 4.94. The van der Waals surface area contributed by atoms with E-state index in [9.17, 15) is 5.11 Å². The predicted octanol–water partition coefficient (Wildman–Crippen LogP) is 1.72. The molecule has 1 aromatic carbocycles. The lowest BCUT2D eigenvalue weighted by atomic mass is 10.1. The zero-order valence-corrected chi connectivity index (χ0v) is 11.2. The first kappa shape index (κ1) is 13.3. The molecule has 0 bridgehead atoms. The lowest BCUT2D eigenvalue weighted by molar-refractivity contribution is 0.173. The van der Waals surface area contributed by atoms with Crippen LogP contribution in [0.3, 0.4) is 0 Å². The number of likely N-dealkylation sites (N-methyl/N-ethyl adjacent to an activating group) is 1. The summed E-state index contributed by atoms with van der Waals surface area (Å²) >= 11 is 3.39. The number of hydrogen-bond donors (Lipinski definition) is 2. The van der Waals surface area contributed by atoms with Gasteiger partial charge in [0, 0.05) is 12.1 Å². The van der Waals surface area contributed by atoms with E-state index in [0.717, 1.165) is 5.56 Å². The first-order valence-corrected chi connectivity index (χ1v) is 5.68. The molecule has 0 aromatic heterocycles. The van der Waals surface area contributed by atoms with Crippen LogP contribution in [-0.2, 0) is 0 Å². The van der Waals surface area contributed by atoms with Crippen molar-refractivity contribution in [2.45, 2.75) is 6.10 Å². The number of halogens is 1. The molecule has 0 saturated heterocycles. The van der Waals surface area contributed by atoms with E-state index in [-0.39, 0.29) is 0 Å². The van der Waals surface area contributed by atoms with E-state index in [0.29, 0.717) is 22.5 Å². The Hall–Kier alpha value is -0.780. The summed E-state index contributed by atoms with van der Waals surface area (Å²) in [6.45, 7) is 0.467. The highest BCUT2D eigenvalue weighted by Crippen LogP contribution is 2.39. The molecule has 90 valence electrons. The molecule has 0 aliphatic heterocycles. The van der Waals surface area contributed by atoms with Gasteiger partial charge in [0.2, 0.25) is 0 Å². The van der Waals surface area contributed by atoms with Gasteiger partial charge in [-0.3, -0.25) is 0 Å². The average Bonchev–Trinajstić information content (AvgIpc) is 2.28. The molecule has 0 aliphatic rings. The summed E-state index contributed by atoms with van der Waals surface area (Å²) in [5, 5.41) is 12.8. The summed E-state index contributed by atoms with van der Waals surface area (Å²) < 4.78 is 11.1. The first-order chi connectivity index (χ1) is 7.65. The summed E-state index contributed by atoms with van der Waals surface area (Å²) in [6, 6.07) is 3.59. The minimum absolute atomic E-state index is 0.467. The quantitative estimate of drug-likeness (QED) is 0.867. The number of ether oxygens (including phenoxy) is 2. The van der Waals surface area contributed by atoms with Crippen LogP contribution in [0.4, 0.5) is 0 Å². The monoisotopic (exact) mass is 289 g/mol. The number of methoxy groups -OCH3 is 2. The minimum atomic E-state index is -0.609. The zero-order chi connectivity index (χ0) is 12.1. The Morgan fingerprint density at radius 3 is 2.56 bits per heavy atom. The summed E-state index contributed by atoms with van der Waals surface area (Å²) in [5.74, 6) is 1.28. The van der Waals surface area contributed by atoms with Gasteiger partial charge in [-0.1, -0.05) is 0 Å². The van der Waals surface area contributed by atoms with E-state index in [2.05, 4.69) is 21.2 Å². The van der Waals surface area contributed by atoms with Gasteiger partial charge in [0.1, 0.15) is 16.0 Å². The van der Waals surface area contributed by atoms with Crippen LogP contribution in [0.25, 0.3) is 0 Å². The fourth-order valence-corrected chi connectivity index (χ4v) is 2.17. The van der Waals surface area contributed by atoms with Crippen molar-refractivity contribution in [1.82, 2.24) is 5.32 Å². The molecular formula is C11H16BrNO3. The van der Waals surface area contributed by atoms with Gasteiger partial charge in [0.05, 0.1) is 20.3 Å². The van der Waals surface area contributed by atoms with E-state index in [1.54, 1.807) is 33.4 Å². The maximum atomic E-state index is 9.92. The fraction of sp³-hybridized carbons (Fsp3) is 0.455. The summed E-state index contributed by atoms with van der Waals surface area (Å²) in [5.41, 5.74) is 0.726. The van der Waals surface area contributed by atoms with Crippen LogP contribution in [0.5, 0.6) is 11.5 Å². The maximum Gasteiger partial charge on any atom is 0.142 e. The van der Waals surface area contributed by atoms with Crippen LogP contribution in [0.15, 0.2) is 16.6 Å². The Kier molecular flexibility index (Phi) is 5.05. The van der Waals surface area contributed by atoms with Crippen molar-refractivity contribution in [3.63, 3.8) is 0 Å². The van der Waals surface area contributed by atoms with E-state index in [4.69, 9.17) is 9.47 Å². The lowest BCUT2D eigenvalue weighted by Gasteiger charge is -2.17. The number of nitrogens with one attached hydrogen (secondary N) is 1. The minimum Gasteiger partial charge on any atom is -0.495 e. The van der Waals surface area contributed by atoms with Crippen molar-refractivity contribution in [1.29, 1.82) is 0 Å². The van der Waals surface area contributed by atoms with Gasteiger partial charge in [-0.2, -0.15) is 0 Å². The molecule has 0 fully saturated rings.